The summed E-state index contributed by atoms with van der Waals surface area (Å²) in [6, 6.07) is 23.9. The summed E-state index contributed by atoms with van der Waals surface area (Å²) >= 11 is 0. The SMILES string of the molecule is Fc1ccc(Cn2c(NC3CCN(CCNCCc4c[nH]c5ccccc45)CC3)nc3ccccc32)cc1. The number of para-hydroxylation sites is 3. The second-order valence-electron chi connectivity index (χ2n) is 10.3. The Labute approximate surface area is 222 Å². The van der Waals surface area contributed by atoms with Crippen LogP contribution < -0.4 is 10.6 Å². The van der Waals surface area contributed by atoms with E-state index in [1.165, 1.54) is 28.6 Å². The smallest absolute Gasteiger partial charge is 0.204 e. The molecule has 3 aromatic carbocycles. The largest absolute Gasteiger partial charge is 0.361 e. The van der Waals surface area contributed by atoms with Gasteiger partial charge in [0, 0.05) is 49.3 Å². The molecule has 6 nitrogen and oxygen atoms in total. The van der Waals surface area contributed by atoms with Crippen molar-refractivity contribution in [2.24, 2.45) is 0 Å². The molecule has 1 aliphatic rings. The highest BCUT2D eigenvalue weighted by molar-refractivity contribution is 5.83. The number of hydrogen-bond donors (Lipinski definition) is 3. The summed E-state index contributed by atoms with van der Waals surface area (Å²) in [6.45, 7) is 5.90. The van der Waals surface area contributed by atoms with Crippen molar-refractivity contribution in [3.05, 3.63) is 95.9 Å². The number of nitrogens with zero attached hydrogens (tertiary/aromatic N) is 3. The maximum Gasteiger partial charge on any atom is 0.204 e. The third-order valence-electron chi connectivity index (χ3n) is 7.68. The lowest BCUT2D eigenvalue weighted by molar-refractivity contribution is 0.219. The molecule has 7 heteroatoms. The van der Waals surface area contributed by atoms with Gasteiger partial charge < -0.3 is 25.1 Å². The van der Waals surface area contributed by atoms with E-state index in [-0.39, 0.29) is 5.82 Å². The van der Waals surface area contributed by atoms with Gasteiger partial charge in [0.15, 0.2) is 0 Å². The van der Waals surface area contributed by atoms with Gasteiger partial charge in [-0.05, 0) is 67.3 Å². The van der Waals surface area contributed by atoms with Crippen molar-refractivity contribution in [3.8, 4) is 0 Å². The van der Waals surface area contributed by atoms with Crippen LogP contribution in [0.15, 0.2) is 79.0 Å². The number of likely N-dealkylation sites (tertiary alicyclic amines) is 1. The van der Waals surface area contributed by atoms with Crippen molar-refractivity contribution in [3.63, 3.8) is 0 Å². The van der Waals surface area contributed by atoms with Crippen LogP contribution in [-0.4, -0.2) is 58.2 Å². The fourth-order valence-electron chi connectivity index (χ4n) is 5.53. The van der Waals surface area contributed by atoms with Crippen molar-refractivity contribution >= 4 is 27.9 Å². The number of piperidine rings is 1. The molecule has 1 fully saturated rings. The Kier molecular flexibility index (Phi) is 7.38. The van der Waals surface area contributed by atoms with Gasteiger partial charge in [-0.1, -0.05) is 42.5 Å². The van der Waals surface area contributed by atoms with Crippen LogP contribution in [0.5, 0.6) is 0 Å². The summed E-state index contributed by atoms with van der Waals surface area (Å²) in [5, 5.41) is 8.69. The molecule has 0 radical (unpaired) electrons. The number of aromatic nitrogens is 3. The summed E-state index contributed by atoms with van der Waals surface area (Å²) < 4.78 is 15.6. The minimum atomic E-state index is -0.209. The molecule has 0 bridgehead atoms. The van der Waals surface area contributed by atoms with Crippen molar-refractivity contribution < 1.29 is 4.39 Å². The van der Waals surface area contributed by atoms with Crippen LogP contribution in [-0.2, 0) is 13.0 Å². The number of halogens is 1. The van der Waals surface area contributed by atoms with Gasteiger partial charge in [-0.3, -0.25) is 0 Å². The lowest BCUT2D eigenvalue weighted by atomic mass is 10.1. The number of rotatable bonds is 10. The summed E-state index contributed by atoms with van der Waals surface area (Å²) in [7, 11) is 0. The minimum absolute atomic E-state index is 0.209. The van der Waals surface area contributed by atoms with Crippen molar-refractivity contribution in [2.45, 2.75) is 31.8 Å². The molecule has 1 aliphatic heterocycles. The van der Waals surface area contributed by atoms with Crippen molar-refractivity contribution in [1.29, 1.82) is 0 Å². The van der Waals surface area contributed by atoms with Crippen molar-refractivity contribution in [2.75, 3.05) is 38.0 Å². The first-order valence-electron chi connectivity index (χ1n) is 13.7. The van der Waals surface area contributed by atoms with E-state index in [9.17, 15) is 4.39 Å². The Bertz CT molecular complexity index is 1480. The Morgan fingerprint density at radius 2 is 1.71 bits per heavy atom. The first-order valence-corrected chi connectivity index (χ1v) is 13.7. The molecule has 3 heterocycles. The Balaban J connectivity index is 0.988. The number of aromatic amines is 1. The zero-order valence-electron chi connectivity index (χ0n) is 21.7. The molecular formula is C31H35FN6. The Morgan fingerprint density at radius 3 is 2.58 bits per heavy atom. The Morgan fingerprint density at radius 1 is 0.921 bits per heavy atom. The standard InChI is InChI=1S/C31H35FN6/c32-25-11-9-23(10-12-25)22-38-30-8-4-3-7-29(30)36-31(38)35-26-14-18-37(19-15-26)20-17-33-16-13-24-21-34-28-6-2-1-5-27(24)28/h1-12,21,26,33-34H,13-20,22H2,(H,35,36). The van der Waals surface area contributed by atoms with E-state index in [4.69, 9.17) is 4.98 Å². The van der Waals surface area contributed by atoms with E-state index in [0.29, 0.717) is 12.6 Å². The summed E-state index contributed by atoms with van der Waals surface area (Å²) in [6.07, 6.45) is 5.36. The number of benzene rings is 3. The second-order valence-corrected chi connectivity index (χ2v) is 10.3. The van der Waals surface area contributed by atoms with Gasteiger partial charge in [-0.2, -0.15) is 0 Å². The molecule has 3 N–H and O–H groups in total. The zero-order valence-corrected chi connectivity index (χ0v) is 21.7. The summed E-state index contributed by atoms with van der Waals surface area (Å²) in [4.78, 5) is 10.8. The third kappa shape index (κ3) is 5.59. The number of H-pyrrole nitrogens is 1. The lowest BCUT2D eigenvalue weighted by Crippen LogP contribution is -2.42. The second kappa shape index (κ2) is 11.4. The number of hydrogen-bond acceptors (Lipinski definition) is 4. The quantitative estimate of drug-likeness (QED) is 0.220. The molecule has 0 unspecified atom stereocenters. The molecule has 196 valence electrons. The highest BCUT2D eigenvalue weighted by Gasteiger charge is 2.21. The number of nitrogens with one attached hydrogen (secondary N) is 3. The normalized spacial score (nSPS) is 15.0. The van der Waals surface area contributed by atoms with Gasteiger partial charge in [0.25, 0.3) is 0 Å². The van der Waals surface area contributed by atoms with E-state index >= 15 is 0 Å². The van der Waals surface area contributed by atoms with Crippen molar-refractivity contribution in [1.82, 2.24) is 24.8 Å². The first-order chi connectivity index (χ1) is 18.7. The van der Waals surface area contributed by atoms with Crippen LogP contribution in [0.3, 0.4) is 0 Å². The highest BCUT2D eigenvalue weighted by atomic mass is 19.1. The van der Waals surface area contributed by atoms with Gasteiger partial charge in [0.05, 0.1) is 17.6 Å². The van der Waals surface area contributed by atoms with Gasteiger partial charge in [0.2, 0.25) is 5.95 Å². The van der Waals surface area contributed by atoms with E-state index in [2.05, 4.69) is 67.7 Å². The lowest BCUT2D eigenvalue weighted by Gasteiger charge is -2.32. The minimum Gasteiger partial charge on any atom is -0.361 e. The molecule has 0 atom stereocenters. The third-order valence-corrected chi connectivity index (χ3v) is 7.68. The molecule has 2 aromatic heterocycles. The number of anilines is 1. The highest BCUT2D eigenvalue weighted by Crippen LogP contribution is 2.24. The topological polar surface area (TPSA) is 60.9 Å². The van der Waals surface area contributed by atoms with Crippen LogP contribution >= 0.6 is 0 Å². The molecule has 6 rings (SSSR count). The van der Waals surface area contributed by atoms with E-state index in [1.807, 2.05) is 24.3 Å². The number of imidazole rings is 1. The van der Waals surface area contributed by atoms with Crippen LogP contribution in [0.2, 0.25) is 0 Å². The van der Waals surface area contributed by atoms with Gasteiger partial charge in [-0.15, -0.1) is 0 Å². The Hall–Kier alpha value is -3.68. The maximum atomic E-state index is 13.4. The molecule has 0 amide bonds. The van der Waals surface area contributed by atoms with E-state index < -0.39 is 0 Å². The van der Waals surface area contributed by atoms with Crippen LogP contribution in [0, 0.1) is 5.82 Å². The van der Waals surface area contributed by atoms with Crippen LogP contribution in [0.4, 0.5) is 10.3 Å². The van der Waals surface area contributed by atoms with Crippen LogP contribution in [0.25, 0.3) is 21.9 Å². The van der Waals surface area contributed by atoms with Crippen LogP contribution in [0.1, 0.15) is 24.0 Å². The monoisotopic (exact) mass is 510 g/mol. The fraction of sp³-hybridized carbons (Fsp3) is 0.323. The number of fused-ring (bicyclic) bond motifs is 2. The fourth-order valence-corrected chi connectivity index (χ4v) is 5.53. The predicted molar refractivity (Wildman–Crippen MR) is 153 cm³/mol. The van der Waals surface area contributed by atoms with Gasteiger partial charge >= 0.3 is 0 Å². The summed E-state index contributed by atoms with van der Waals surface area (Å²) in [5.41, 5.74) is 5.73. The zero-order chi connectivity index (χ0) is 25.7. The maximum absolute atomic E-state index is 13.4. The molecule has 38 heavy (non-hydrogen) atoms. The average Bonchev–Trinajstić information content (AvgIpc) is 3.52. The molecule has 0 aliphatic carbocycles. The van der Waals surface area contributed by atoms with E-state index in [1.54, 1.807) is 0 Å². The molecule has 1 saturated heterocycles. The first kappa shape index (κ1) is 24.6. The van der Waals surface area contributed by atoms with Gasteiger partial charge in [-0.25, -0.2) is 9.37 Å². The molecule has 0 saturated carbocycles. The molecule has 5 aromatic rings. The van der Waals surface area contributed by atoms with E-state index in [0.717, 1.165) is 74.5 Å². The van der Waals surface area contributed by atoms with Gasteiger partial charge in [0.1, 0.15) is 5.82 Å². The predicted octanol–water partition coefficient (Wildman–Crippen LogP) is 5.41. The average molecular weight is 511 g/mol. The summed E-state index contributed by atoms with van der Waals surface area (Å²) in [5.74, 6) is 0.687. The molecule has 0 spiro atoms. The molecular weight excluding hydrogens is 475 g/mol.